The first kappa shape index (κ1) is 14.1. The van der Waals surface area contributed by atoms with Gasteiger partial charge in [-0.2, -0.15) is 0 Å². The lowest BCUT2D eigenvalue weighted by molar-refractivity contribution is -0.386. The molecule has 0 N–H and O–H groups in total. The molecule has 1 unspecified atom stereocenters. The van der Waals surface area contributed by atoms with Crippen molar-refractivity contribution in [3.05, 3.63) is 28.3 Å². The number of hydrogen-bond acceptors (Lipinski definition) is 6. The highest BCUT2D eigenvalue weighted by molar-refractivity contribution is 5.76. The van der Waals surface area contributed by atoms with Crippen molar-refractivity contribution in [2.75, 3.05) is 14.2 Å². The number of methoxy groups -OCH3 is 2. The average Bonchev–Trinajstić information content (AvgIpc) is 3.27. The van der Waals surface area contributed by atoms with Gasteiger partial charge in [0.25, 0.3) is 0 Å². The number of nitrogens with zero attached hydrogens (tertiary/aromatic N) is 1. The molecular weight excluding hydrogens is 266 g/mol. The highest BCUT2D eigenvalue weighted by atomic mass is 16.6. The lowest BCUT2D eigenvalue weighted by Crippen LogP contribution is -2.30. The molecule has 7 heteroatoms. The Morgan fingerprint density at radius 3 is 2.60 bits per heavy atom. The molecule has 1 aliphatic carbocycles. The van der Waals surface area contributed by atoms with Crippen molar-refractivity contribution in [2.24, 2.45) is 5.92 Å². The Morgan fingerprint density at radius 1 is 1.40 bits per heavy atom. The van der Waals surface area contributed by atoms with E-state index in [1.54, 1.807) is 0 Å². The fraction of sp³-hybridized carbons (Fsp3) is 0.462. The summed E-state index contributed by atoms with van der Waals surface area (Å²) in [6.45, 7) is 0. The largest absolute Gasteiger partial charge is 0.497 e. The van der Waals surface area contributed by atoms with Gasteiger partial charge in [0, 0.05) is 18.1 Å². The molecule has 0 spiro atoms. The summed E-state index contributed by atoms with van der Waals surface area (Å²) in [5, 5.41) is 11.0. The summed E-state index contributed by atoms with van der Waals surface area (Å²) in [6, 6.07) is 4.15. The van der Waals surface area contributed by atoms with Gasteiger partial charge in [-0.05, 0) is 18.9 Å². The van der Waals surface area contributed by atoms with Crippen LogP contribution in [0.5, 0.6) is 11.5 Å². The Morgan fingerprint density at radius 2 is 2.10 bits per heavy atom. The number of nitro benzene ring substituents is 1. The number of carbonyl (C=O) groups excluding carboxylic acids is 1. The molecule has 20 heavy (non-hydrogen) atoms. The fourth-order valence-electron chi connectivity index (χ4n) is 1.86. The van der Waals surface area contributed by atoms with Crippen molar-refractivity contribution < 1.29 is 23.9 Å². The maximum atomic E-state index is 11.7. The lowest BCUT2D eigenvalue weighted by Gasteiger charge is -2.16. The van der Waals surface area contributed by atoms with Crippen molar-refractivity contribution >= 4 is 11.7 Å². The summed E-state index contributed by atoms with van der Waals surface area (Å²) in [6.07, 6.45) is 0.875. The molecule has 1 fully saturated rings. The maximum absolute atomic E-state index is 11.7. The van der Waals surface area contributed by atoms with E-state index in [-0.39, 0.29) is 17.4 Å². The van der Waals surface area contributed by atoms with Gasteiger partial charge >= 0.3 is 11.7 Å². The minimum absolute atomic E-state index is 0.0108. The van der Waals surface area contributed by atoms with E-state index in [9.17, 15) is 14.9 Å². The quantitative estimate of drug-likeness (QED) is 0.450. The number of carbonyl (C=O) groups is 1. The molecule has 2 rings (SSSR count). The summed E-state index contributed by atoms with van der Waals surface area (Å²) in [5.41, 5.74) is -0.208. The SMILES string of the molecule is COC(=O)C(Oc1cc(OC)ccc1[N+](=O)[O-])C1CC1. The summed E-state index contributed by atoms with van der Waals surface area (Å²) in [5.74, 6) is -0.0421. The van der Waals surface area contributed by atoms with E-state index in [4.69, 9.17) is 9.47 Å². The lowest BCUT2D eigenvalue weighted by atomic mass is 10.2. The van der Waals surface area contributed by atoms with E-state index in [1.165, 1.54) is 32.4 Å². The average molecular weight is 281 g/mol. The normalized spacial score (nSPS) is 15.3. The van der Waals surface area contributed by atoms with Crippen LogP contribution in [0.3, 0.4) is 0 Å². The third-order valence-electron chi connectivity index (χ3n) is 3.10. The zero-order valence-corrected chi connectivity index (χ0v) is 11.2. The third kappa shape index (κ3) is 2.98. The van der Waals surface area contributed by atoms with Crippen LogP contribution in [0.4, 0.5) is 5.69 Å². The first-order valence-corrected chi connectivity index (χ1v) is 6.13. The topological polar surface area (TPSA) is 87.9 Å². The summed E-state index contributed by atoms with van der Waals surface area (Å²) >= 11 is 0. The van der Waals surface area contributed by atoms with Crippen molar-refractivity contribution in [3.63, 3.8) is 0 Å². The Bertz CT molecular complexity index is 526. The summed E-state index contributed by atoms with van der Waals surface area (Å²) in [7, 11) is 2.71. The summed E-state index contributed by atoms with van der Waals surface area (Å²) < 4.78 is 15.2. The second-order valence-electron chi connectivity index (χ2n) is 4.49. The monoisotopic (exact) mass is 281 g/mol. The molecular formula is C13H15NO6. The molecule has 0 heterocycles. The maximum Gasteiger partial charge on any atom is 0.347 e. The van der Waals surface area contributed by atoms with Gasteiger partial charge in [0.05, 0.1) is 19.1 Å². The van der Waals surface area contributed by atoms with Crippen LogP contribution < -0.4 is 9.47 Å². The van der Waals surface area contributed by atoms with Crippen LogP contribution in [0.25, 0.3) is 0 Å². The smallest absolute Gasteiger partial charge is 0.347 e. The molecule has 0 bridgehead atoms. The van der Waals surface area contributed by atoms with Crippen molar-refractivity contribution in [1.82, 2.24) is 0 Å². The van der Waals surface area contributed by atoms with Gasteiger partial charge in [-0.15, -0.1) is 0 Å². The van der Waals surface area contributed by atoms with E-state index in [0.717, 1.165) is 12.8 Å². The number of nitro groups is 1. The van der Waals surface area contributed by atoms with Gasteiger partial charge in [-0.3, -0.25) is 10.1 Å². The molecule has 1 aromatic rings. The van der Waals surface area contributed by atoms with Gasteiger partial charge in [0.15, 0.2) is 6.10 Å². The molecule has 1 aromatic carbocycles. The first-order chi connectivity index (χ1) is 9.56. The van der Waals surface area contributed by atoms with Gasteiger partial charge in [0.2, 0.25) is 5.75 Å². The van der Waals surface area contributed by atoms with Gasteiger partial charge < -0.3 is 14.2 Å². The molecule has 1 saturated carbocycles. The highest BCUT2D eigenvalue weighted by Crippen LogP contribution is 2.38. The van der Waals surface area contributed by atoms with Gasteiger partial charge in [0.1, 0.15) is 5.75 Å². The Balaban J connectivity index is 2.29. The van der Waals surface area contributed by atoms with Crippen molar-refractivity contribution in [2.45, 2.75) is 18.9 Å². The van der Waals surface area contributed by atoms with Crippen LogP contribution in [0.1, 0.15) is 12.8 Å². The number of rotatable bonds is 6. The van der Waals surface area contributed by atoms with E-state index in [1.807, 2.05) is 0 Å². The molecule has 0 radical (unpaired) electrons. The van der Waals surface area contributed by atoms with Crippen LogP contribution in [0.15, 0.2) is 18.2 Å². The molecule has 7 nitrogen and oxygen atoms in total. The van der Waals surface area contributed by atoms with E-state index < -0.39 is 17.0 Å². The standard InChI is InChI=1S/C13H15NO6/c1-18-9-5-6-10(14(16)17)11(7-9)20-12(8-3-4-8)13(15)19-2/h5-8,12H,3-4H2,1-2H3. The van der Waals surface area contributed by atoms with Gasteiger partial charge in [-0.1, -0.05) is 0 Å². The molecule has 108 valence electrons. The zero-order chi connectivity index (χ0) is 14.7. The molecule has 1 aliphatic rings. The highest BCUT2D eigenvalue weighted by Gasteiger charge is 2.40. The van der Waals surface area contributed by atoms with Crippen LogP contribution in [0.2, 0.25) is 0 Å². The van der Waals surface area contributed by atoms with Crippen LogP contribution in [-0.4, -0.2) is 31.2 Å². The predicted octanol–water partition coefficient (Wildman–Crippen LogP) is 1.93. The molecule has 0 aromatic heterocycles. The molecule has 1 atom stereocenters. The summed E-state index contributed by atoms with van der Waals surface area (Å²) in [4.78, 5) is 22.1. The van der Waals surface area contributed by atoms with Crippen LogP contribution in [0, 0.1) is 16.0 Å². The van der Waals surface area contributed by atoms with E-state index in [2.05, 4.69) is 4.74 Å². The van der Waals surface area contributed by atoms with Crippen LogP contribution in [-0.2, 0) is 9.53 Å². The minimum Gasteiger partial charge on any atom is -0.497 e. The zero-order valence-electron chi connectivity index (χ0n) is 11.2. The number of benzene rings is 1. The second-order valence-corrected chi connectivity index (χ2v) is 4.49. The Kier molecular flexibility index (Phi) is 4.07. The third-order valence-corrected chi connectivity index (χ3v) is 3.10. The predicted molar refractivity (Wildman–Crippen MR) is 68.8 cm³/mol. The minimum atomic E-state index is -0.814. The van der Waals surface area contributed by atoms with Crippen molar-refractivity contribution in [3.8, 4) is 11.5 Å². The van der Waals surface area contributed by atoms with E-state index in [0.29, 0.717) is 5.75 Å². The fourth-order valence-corrected chi connectivity index (χ4v) is 1.86. The molecule has 0 amide bonds. The molecule has 0 aliphatic heterocycles. The second kappa shape index (κ2) is 5.77. The Labute approximate surface area is 115 Å². The first-order valence-electron chi connectivity index (χ1n) is 6.13. The number of hydrogen-bond donors (Lipinski definition) is 0. The number of esters is 1. The Hall–Kier alpha value is -2.31. The van der Waals surface area contributed by atoms with Crippen LogP contribution >= 0.6 is 0 Å². The van der Waals surface area contributed by atoms with Crippen molar-refractivity contribution in [1.29, 1.82) is 0 Å². The number of ether oxygens (including phenoxy) is 3. The molecule has 0 saturated heterocycles. The van der Waals surface area contributed by atoms with Gasteiger partial charge in [-0.25, -0.2) is 4.79 Å². The van der Waals surface area contributed by atoms with E-state index >= 15 is 0 Å².